The molecule has 0 rings (SSSR count). The predicted octanol–water partition coefficient (Wildman–Crippen LogP) is 3.33. The molecule has 0 fully saturated rings. The van der Waals surface area contributed by atoms with Crippen LogP contribution in [-0.2, 0) is 20.0 Å². The Bertz CT molecular complexity index is 551. The first kappa shape index (κ1) is 26.6. The molecule has 0 amide bonds. The van der Waals surface area contributed by atoms with Crippen molar-refractivity contribution in [2.45, 2.75) is 44.6 Å². The summed E-state index contributed by atoms with van der Waals surface area (Å²) in [5.41, 5.74) is -12.4. The van der Waals surface area contributed by atoms with Crippen LogP contribution >= 0.6 is 0 Å². The third-order valence-electron chi connectivity index (χ3n) is 3.07. The van der Waals surface area contributed by atoms with Crippen molar-refractivity contribution >= 4 is 20.0 Å². The number of rotatable bonds is 7. The largest absolute Gasteiger partial charge is 0.480 e. The maximum Gasteiger partial charge on any atom is 0.480 e. The van der Waals surface area contributed by atoms with Gasteiger partial charge in [0.05, 0.1) is 26.7 Å². The van der Waals surface area contributed by atoms with Gasteiger partial charge in [0.25, 0.3) is 0 Å². The molecule has 0 heterocycles. The van der Waals surface area contributed by atoms with Gasteiger partial charge in [-0.05, 0) is 19.8 Å². The van der Waals surface area contributed by atoms with E-state index in [9.17, 15) is 43.2 Å². The van der Waals surface area contributed by atoms with E-state index in [0.29, 0.717) is 0 Å². The van der Waals surface area contributed by atoms with Gasteiger partial charge in [-0.25, -0.2) is 16.8 Å². The third-order valence-corrected chi connectivity index (χ3v) is 5.81. The Kier molecular flexibility index (Phi) is 9.98. The summed E-state index contributed by atoms with van der Waals surface area (Å²) in [5.74, 6) is 0. The molecule has 0 saturated carbocycles. The molecule has 14 heteroatoms. The molecule has 0 atom stereocenters. The fraction of sp³-hybridized carbons (Fsp3) is 1.00. The minimum absolute atomic E-state index is 0.778. The number of alkyl halides is 6. The second-order valence-corrected chi connectivity index (χ2v) is 8.72. The van der Waals surface area contributed by atoms with Gasteiger partial charge in [-0.3, -0.25) is 0 Å². The second-order valence-electron chi connectivity index (χ2n) is 5.30. The van der Waals surface area contributed by atoms with Crippen molar-refractivity contribution in [3.05, 3.63) is 4.13 Å². The highest BCUT2D eigenvalue weighted by Gasteiger charge is 2.46. The third kappa shape index (κ3) is 9.06. The quantitative estimate of drug-likeness (QED) is 0.464. The number of hydrogen-bond donors (Lipinski definition) is 0. The van der Waals surface area contributed by atoms with Crippen LogP contribution in [-0.4, -0.2) is 59.0 Å². The molecule has 0 aliphatic heterocycles. The zero-order valence-corrected chi connectivity index (χ0v) is 15.8. The monoisotopic (exact) mass is 424 g/mol. The van der Waals surface area contributed by atoms with Crippen LogP contribution in [0.4, 0.5) is 26.3 Å². The number of quaternary nitrogens is 1. The van der Waals surface area contributed by atoms with Gasteiger partial charge in [0.1, 0.15) is 0 Å². The van der Waals surface area contributed by atoms with Crippen LogP contribution in [0.3, 0.4) is 0 Å². The Labute approximate surface area is 143 Å². The number of hydrogen-bond acceptors (Lipinski definition) is 4. The highest BCUT2D eigenvalue weighted by molar-refractivity contribution is 8.13. The molecule has 0 saturated heterocycles. The van der Waals surface area contributed by atoms with Crippen LogP contribution in [0, 0.1) is 0 Å². The van der Waals surface area contributed by atoms with Crippen molar-refractivity contribution in [3.63, 3.8) is 0 Å². The molecule has 0 N–H and O–H groups in total. The van der Waals surface area contributed by atoms with E-state index in [1.165, 1.54) is 37.0 Å². The molecule has 0 unspecified atom stereocenters. The molecular formula is C11H22F6N2O4S2. The lowest BCUT2D eigenvalue weighted by atomic mass is 10.3. The van der Waals surface area contributed by atoms with Gasteiger partial charge in [-0.15, -0.1) is 0 Å². The summed E-state index contributed by atoms with van der Waals surface area (Å²) < 4.78 is 110. The van der Waals surface area contributed by atoms with Gasteiger partial charge in [0, 0.05) is 0 Å². The molecule has 6 nitrogen and oxygen atoms in total. The summed E-state index contributed by atoms with van der Waals surface area (Å²) in [6.45, 7) is 10.8. The Balaban J connectivity index is 0. The number of sulfonamides is 2. The molecule has 0 aromatic carbocycles. The van der Waals surface area contributed by atoms with Crippen LogP contribution < -0.4 is 0 Å². The van der Waals surface area contributed by atoms with Crippen molar-refractivity contribution in [1.82, 2.24) is 0 Å². The summed E-state index contributed by atoms with van der Waals surface area (Å²) in [6, 6.07) is 0. The summed E-state index contributed by atoms with van der Waals surface area (Å²) in [5, 5.41) is 0. The van der Waals surface area contributed by atoms with Crippen LogP contribution in [0.2, 0.25) is 0 Å². The minimum Gasteiger partial charge on any atom is -0.421 e. The number of halogens is 6. The maximum absolute atomic E-state index is 11.4. The van der Waals surface area contributed by atoms with E-state index >= 15 is 0 Å². The summed E-state index contributed by atoms with van der Waals surface area (Å²) in [7, 11) is -11.1. The Morgan fingerprint density at radius 3 is 1.20 bits per heavy atom. The van der Waals surface area contributed by atoms with Crippen molar-refractivity contribution in [2.24, 2.45) is 0 Å². The van der Waals surface area contributed by atoms with Gasteiger partial charge < -0.3 is 8.61 Å². The molecule has 0 aromatic heterocycles. The molecule has 0 bridgehead atoms. The fourth-order valence-electron chi connectivity index (χ4n) is 1.72. The molecule has 154 valence electrons. The van der Waals surface area contributed by atoms with Crippen molar-refractivity contribution in [3.8, 4) is 0 Å². The fourth-order valence-corrected chi connectivity index (χ4v) is 3.43. The normalized spacial score (nSPS) is 14.0. The molecule has 25 heavy (non-hydrogen) atoms. The topological polar surface area (TPSA) is 82.4 Å². The van der Waals surface area contributed by atoms with Gasteiger partial charge in [0.15, 0.2) is 20.0 Å². The molecular weight excluding hydrogens is 402 g/mol. The molecule has 0 aromatic rings. The van der Waals surface area contributed by atoms with E-state index < -0.39 is 31.1 Å². The van der Waals surface area contributed by atoms with E-state index in [4.69, 9.17) is 0 Å². The van der Waals surface area contributed by atoms with E-state index in [1.54, 1.807) is 0 Å². The average molecular weight is 424 g/mol. The summed E-state index contributed by atoms with van der Waals surface area (Å²) in [6.07, 6.45) is 2.62. The predicted molar refractivity (Wildman–Crippen MR) is 80.4 cm³/mol. The Morgan fingerprint density at radius 2 is 1.04 bits per heavy atom. The van der Waals surface area contributed by atoms with Crippen LogP contribution in [0.1, 0.15) is 33.6 Å². The first-order chi connectivity index (χ1) is 10.9. The van der Waals surface area contributed by atoms with Crippen LogP contribution in [0.15, 0.2) is 0 Å². The zero-order chi connectivity index (χ0) is 20.7. The number of nitrogens with zero attached hydrogens (tertiary/aromatic N) is 2. The lowest BCUT2D eigenvalue weighted by Gasteiger charge is -2.32. The Hall–Kier alpha value is -0.600. The van der Waals surface area contributed by atoms with Crippen molar-refractivity contribution in [1.29, 1.82) is 0 Å². The molecule has 0 aliphatic carbocycles. The first-order valence-corrected chi connectivity index (χ1v) is 9.97. The summed E-state index contributed by atoms with van der Waals surface area (Å²) in [4.78, 5) is 0. The van der Waals surface area contributed by atoms with Gasteiger partial charge >= 0.3 is 11.0 Å². The Morgan fingerprint density at radius 1 is 0.760 bits per heavy atom. The lowest BCUT2D eigenvalue weighted by Crippen LogP contribution is -2.44. The minimum atomic E-state index is -6.72. The molecule has 0 aliphatic rings. The van der Waals surface area contributed by atoms with Gasteiger partial charge in [-0.1, -0.05) is 13.8 Å². The highest BCUT2D eigenvalue weighted by atomic mass is 32.3. The SMILES string of the molecule is CCC[N+](C)(CC)CCC.O=S(=O)([N-]S(=O)(=O)C(F)(F)F)C(F)(F)F. The smallest absolute Gasteiger partial charge is 0.421 e. The standard InChI is InChI=1S/C9H22N.C2F6NO4S2/c1-5-8-10(4,7-3)9-6-2;3-1(4,5)14(10,11)9-15(12,13)2(6,7)8/h5-9H2,1-4H3;/q+1;-1. The van der Waals surface area contributed by atoms with E-state index in [2.05, 4.69) is 27.8 Å². The zero-order valence-electron chi connectivity index (χ0n) is 14.1. The second kappa shape index (κ2) is 9.37. The van der Waals surface area contributed by atoms with E-state index in [-0.39, 0.29) is 0 Å². The van der Waals surface area contributed by atoms with Gasteiger partial charge in [-0.2, -0.15) is 26.3 Å². The first-order valence-electron chi connectivity index (χ1n) is 7.09. The van der Waals surface area contributed by atoms with Crippen molar-refractivity contribution in [2.75, 3.05) is 26.7 Å². The maximum atomic E-state index is 11.4. The average Bonchev–Trinajstić information content (AvgIpc) is 2.36. The van der Waals surface area contributed by atoms with E-state index in [1.807, 2.05) is 0 Å². The lowest BCUT2D eigenvalue weighted by molar-refractivity contribution is -0.907. The van der Waals surface area contributed by atoms with Crippen LogP contribution in [0.5, 0.6) is 0 Å². The van der Waals surface area contributed by atoms with Gasteiger partial charge in [0.2, 0.25) is 0 Å². The van der Waals surface area contributed by atoms with Crippen molar-refractivity contribution < 1.29 is 47.7 Å². The summed E-state index contributed by atoms with van der Waals surface area (Å²) >= 11 is 0. The molecule has 0 radical (unpaired) electrons. The molecule has 0 spiro atoms. The highest BCUT2D eigenvalue weighted by Crippen LogP contribution is 2.36. The van der Waals surface area contributed by atoms with Crippen LogP contribution in [0.25, 0.3) is 4.13 Å². The van der Waals surface area contributed by atoms with E-state index in [0.717, 1.165) is 4.13 Å².